The van der Waals surface area contributed by atoms with Crippen LogP contribution in [-0.4, -0.2) is 56.1 Å². The number of hydrogen-bond donors (Lipinski definition) is 3. The second kappa shape index (κ2) is 10.3. The van der Waals surface area contributed by atoms with E-state index in [2.05, 4.69) is 35.8 Å². The SMILES string of the molecule is CCC(O)(CC)c1cc(F)ccc1Oc1cncnc1N1CCC2(CCN(Cc3ccc4[nH]c(=O)[nH]c4c3)C2)C1. The predicted octanol–water partition coefficient (Wildman–Crippen LogP) is 4.69. The van der Waals surface area contributed by atoms with Crippen LogP contribution in [0.3, 0.4) is 0 Å². The number of H-pyrrole nitrogens is 2. The number of ether oxygens (including phenoxy) is 1. The van der Waals surface area contributed by atoms with Crippen LogP contribution in [-0.2, 0) is 12.1 Å². The molecule has 10 heteroatoms. The molecule has 2 aliphatic heterocycles. The van der Waals surface area contributed by atoms with Crippen LogP contribution in [0.15, 0.2) is 53.7 Å². The van der Waals surface area contributed by atoms with Gasteiger partial charge in [-0.15, -0.1) is 0 Å². The highest BCUT2D eigenvalue weighted by Gasteiger charge is 2.44. The maximum Gasteiger partial charge on any atom is 0.323 e. The molecule has 1 atom stereocenters. The summed E-state index contributed by atoms with van der Waals surface area (Å²) in [4.78, 5) is 30.8. The summed E-state index contributed by atoms with van der Waals surface area (Å²) >= 11 is 0. The molecule has 0 amide bonds. The lowest BCUT2D eigenvalue weighted by atomic mass is 9.86. The first-order chi connectivity index (χ1) is 19.3. The first-order valence-electron chi connectivity index (χ1n) is 14.0. The molecule has 1 spiro atoms. The van der Waals surface area contributed by atoms with E-state index in [1.165, 1.54) is 24.0 Å². The quantitative estimate of drug-likeness (QED) is 0.294. The second-order valence-electron chi connectivity index (χ2n) is 11.3. The van der Waals surface area contributed by atoms with E-state index in [4.69, 9.17) is 4.74 Å². The van der Waals surface area contributed by atoms with E-state index >= 15 is 0 Å². The lowest BCUT2D eigenvalue weighted by molar-refractivity contribution is 0.0262. The van der Waals surface area contributed by atoms with Crippen molar-refractivity contribution in [2.75, 3.05) is 31.1 Å². The fourth-order valence-corrected chi connectivity index (χ4v) is 6.37. The average Bonchev–Trinajstić information content (AvgIpc) is 3.67. The zero-order chi connectivity index (χ0) is 27.9. The Labute approximate surface area is 232 Å². The highest BCUT2D eigenvalue weighted by Crippen LogP contribution is 2.44. The Morgan fingerprint density at radius 3 is 2.67 bits per heavy atom. The van der Waals surface area contributed by atoms with Crippen LogP contribution < -0.4 is 15.3 Å². The van der Waals surface area contributed by atoms with Gasteiger partial charge in [0.15, 0.2) is 11.6 Å². The molecule has 0 bridgehead atoms. The number of nitrogens with one attached hydrogen (secondary N) is 2. The number of nitrogens with zero attached hydrogens (tertiary/aromatic N) is 4. The van der Waals surface area contributed by atoms with E-state index in [-0.39, 0.29) is 11.1 Å². The maximum absolute atomic E-state index is 14.2. The predicted molar refractivity (Wildman–Crippen MR) is 151 cm³/mol. The van der Waals surface area contributed by atoms with Gasteiger partial charge in [0.25, 0.3) is 0 Å². The fraction of sp³-hybridized carbons (Fsp3) is 0.433. The Bertz CT molecular complexity index is 1580. The third kappa shape index (κ3) is 4.97. The van der Waals surface area contributed by atoms with Crippen molar-refractivity contribution in [2.24, 2.45) is 5.41 Å². The monoisotopic (exact) mass is 546 g/mol. The van der Waals surface area contributed by atoms with Crippen molar-refractivity contribution in [3.8, 4) is 11.5 Å². The number of likely N-dealkylation sites (tertiary alicyclic amines) is 1. The van der Waals surface area contributed by atoms with Crippen LogP contribution in [0.4, 0.5) is 10.2 Å². The van der Waals surface area contributed by atoms with E-state index in [9.17, 15) is 14.3 Å². The average molecular weight is 547 g/mol. The normalized spacial score (nSPS) is 19.8. The summed E-state index contributed by atoms with van der Waals surface area (Å²) < 4.78 is 20.5. The molecule has 2 aliphatic rings. The molecule has 1 unspecified atom stereocenters. The van der Waals surface area contributed by atoms with E-state index in [0.717, 1.165) is 56.6 Å². The van der Waals surface area contributed by atoms with Gasteiger partial charge in [-0.25, -0.2) is 19.2 Å². The van der Waals surface area contributed by atoms with Gasteiger partial charge in [0.1, 0.15) is 17.9 Å². The van der Waals surface area contributed by atoms with Gasteiger partial charge in [-0.05, 0) is 68.1 Å². The number of hydrogen-bond acceptors (Lipinski definition) is 7. The molecule has 9 nitrogen and oxygen atoms in total. The molecule has 210 valence electrons. The standard InChI is InChI=1S/C30H35FN6O3/c1-3-30(39,4-2)22-14-21(31)6-8-25(22)40-26-15-32-19-33-27(26)37-12-10-29(18-37)9-11-36(17-29)16-20-5-7-23-24(13-20)35-28(38)34-23/h5-8,13-15,19,39H,3-4,9-12,16-18H2,1-2H3,(H2,34,35,38). The minimum absolute atomic E-state index is 0.153. The minimum Gasteiger partial charge on any atom is -0.451 e. The number of imidazole rings is 1. The molecule has 2 fully saturated rings. The zero-order valence-electron chi connectivity index (χ0n) is 22.9. The van der Waals surface area contributed by atoms with Crippen molar-refractivity contribution in [3.05, 3.63) is 76.4 Å². The number of halogens is 1. The highest BCUT2D eigenvalue weighted by molar-refractivity contribution is 5.75. The lowest BCUT2D eigenvalue weighted by Gasteiger charge is -2.29. The number of benzene rings is 2. The summed E-state index contributed by atoms with van der Waals surface area (Å²) in [7, 11) is 0. The summed E-state index contributed by atoms with van der Waals surface area (Å²) in [5, 5.41) is 11.2. The lowest BCUT2D eigenvalue weighted by Crippen LogP contribution is -2.31. The number of rotatable bonds is 8. The van der Waals surface area contributed by atoms with Crippen molar-refractivity contribution in [1.29, 1.82) is 0 Å². The highest BCUT2D eigenvalue weighted by atomic mass is 19.1. The van der Waals surface area contributed by atoms with Gasteiger partial charge in [0.05, 0.1) is 22.8 Å². The van der Waals surface area contributed by atoms with Crippen LogP contribution in [0.2, 0.25) is 0 Å². The molecule has 2 saturated heterocycles. The molecule has 6 rings (SSSR count). The number of aliphatic hydroxyl groups is 1. The molecule has 4 heterocycles. The Morgan fingerprint density at radius 1 is 1.05 bits per heavy atom. The Kier molecular flexibility index (Phi) is 6.83. The minimum atomic E-state index is -1.20. The molecule has 0 radical (unpaired) electrons. The van der Waals surface area contributed by atoms with Gasteiger partial charge >= 0.3 is 5.69 Å². The summed E-state index contributed by atoms with van der Waals surface area (Å²) in [5.74, 6) is 1.19. The summed E-state index contributed by atoms with van der Waals surface area (Å²) in [6.07, 6.45) is 6.17. The molecule has 2 aromatic carbocycles. The first kappa shape index (κ1) is 26.5. The van der Waals surface area contributed by atoms with Crippen LogP contribution in [0, 0.1) is 11.2 Å². The Morgan fingerprint density at radius 2 is 1.85 bits per heavy atom. The van der Waals surface area contributed by atoms with Gasteiger partial charge in [-0.2, -0.15) is 0 Å². The van der Waals surface area contributed by atoms with Crippen LogP contribution in [0.5, 0.6) is 11.5 Å². The fourth-order valence-electron chi connectivity index (χ4n) is 6.37. The summed E-state index contributed by atoms with van der Waals surface area (Å²) in [6, 6.07) is 10.3. The summed E-state index contributed by atoms with van der Waals surface area (Å²) in [6.45, 7) is 8.28. The van der Waals surface area contributed by atoms with Crippen molar-refractivity contribution in [2.45, 2.75) is 51.7 Å². The van der Waals surface area contributed by atoms with E-state index in [1.807, 2.05) is 26.0 Å². The third-order valence-corrected chi connectivity index (χ3v) is 8.73. The van der Waals surface area contributed by atoms with Gasteiger partial charge in [0, 0.05) is 37.2 Å². The Balaban J connectivity index is 1.18. The molecule has 3 N–H and O–H groups in total. The number of anilines is 1. The van der Waals surface area contributed by atoms with Gasteiger partial charge < -0.3 is 24.7 Å². The number of fused-ring (bicyclic) bond motifs is 1. The number of aromatic amines is 2. The molecule has 0 aliphatic carbocycles. The van der Waals surface area contributed by atoms with Crippen LogP contribution in [0.25, 0.3) is 11.0 Å². The molecule has 40 heavy (non-hydrogen) atoms. The van der Waals surface area contributed by atoms with Crippen molar-refractivity contribution >= 4 is 16.9 Å². The van der Waals surface area contributed by atoms with Gasteiger partial charge in [-0.1, -0.05) is 19.9 Å². The molecule has 0 saturated carbocycles. The molecular weight excluding hydrogens is 511 g/mol. The molecular formula is C30H35FN6O3. The van der Waals surface area contributed by atoms with E-state index in [0.29, 0.717) is 35.7 Å². The van der Waals surface area contributed by atoms with Gasteiger partial charge in [0.2, 0.25) is 0 Å². The maximum atomic E-state index is 14.2. The molecule has 2 aromatic heterocycles. The smallest absolute Gasteiger partial charge is 0.323 e. The largest absolute Gasteiger partial charge is 0.451 e. The third-order valence-electron chi connectivity index (χ3n) is 8.73. The first-order valence-corrected chi connectivity index (χ1v) is 14.0. The van der Waals surface area contributed by atoms with E-state index in [1.54, 1.807) is 12.3 Å². The summed E-state index contributed by atoms with van der Waals surface area (Å²) in [5.41, 5.74) is 2.03. The van der Waals surface area contributed by atoms with Crippen LogP contribution in [0.1, 0.15) is 50.7 Å². The number of aromatic nitrogens is 4. The van der Waals surface area contributed by atoms with Gasteiger partial charge in [-0.3, -0.25) is 4.90 Å². The second-order valence-corrected chi connectivity index (χ2v) is 11.3. The van der Waals surface area contributed by atoms with Crippen LogP contribution >= 0.6 is 0 Å². The van der Waals surface area contributed by atoms with Crippen molar-refractivity contribution < 1.29 is 14.2 Å². The topological polar surface area (TPSA) is 110 Å². The van der Waals surface area contributed by atoms with Crippen molar-refractivity contribution in [3.63, 3.8) is 0 Å². The van der Waals surface area contributed by atoms with Crippen molar-refractivity contribution in [1.82, 2.24) is 24.8 Å². The Hall–Kier alpha value is -3.76. The molecule has 4 aromatic rings. The van der Waals surface area contributed by atoms with E-state index < -0.39 is 11.4 Å². The zero-order valence-corrected chi connectivity index (χ0v) is 22.9.